The molecule has 3 rings (SSSR count). The van der Waals surface area contributed by atoms with Crippen LogP contribution < -0.4 is 0 Å². The van der Waals surface area contributed by atoms with Gasteiger partial charge in [0.2, 0.25) is 0 Å². The van der Waals surface area contributed by atoms with E-state index in [1.165, 1.54) is 36.2 Å². The minimum atomic E-state index is 0.622. The number of hydrogen-bond donors (Lipinski definition) is 0. The second kappa shape index (κ2) is 6.44. The molecule has 0 aromatic heterocycles. The fourth-order valence-corrected chi connectivity index (χ4v) is 3.24. The van der Waals surface area contributed by atoms with Gasteiger partial charge in [-0.1, -0.05) is 68.4 Å². The predicted octanol–water partition coefficient (Wildman–Crippen LogP) is 4.80. The molecule has 1 nitrogen and oxygen atoms in total. The van der Waals surface area contributed by atoms with E-state index < -0.39 is 0 Å². The quantitative estimate of drug-likeness (QED) is 0.777. The lowest BCUT2D eigenvalue weighted by Gasteiger charge is -2.16. The van der Waals surface area contributed by atoms with Gasteiger partial charge in [-0.05, 0) is 41.5 Å². The summed E-state index contributed by atoms with van der Waals surface area (Å²) < 4.78 is 0. The van der Waals surface area contributed by atoms with Gasteiger partial charge in [-0.2, -0.15) is 0 Å². The number of rotatable bonds is 4. The summed E-state index contributed by atoms with van der Waals surface area (Å²) in [5, 5.41) is 0. The molecule has 0 unspecified atom stereocenters. The Hall–Kier alpha value is -1.60. The summed E-state index contributed by atoms with van der Waals surface area (Å²) in [5.41, 5.74) is 4.38. The lowest BCUT2D eigenvalue weighted by atomic mass is 9.95. The van der Waals surface area contributed by atoms with Gasteiger partial charge in [0.1, 0.15) is 0 Å². The molecule has 21 heavy (non-hydrogen) atoms. The maximum Gasteiger partial charge on any atom is 0.0233 e. The molecular formula is C20H25N. The van der Waals surface area contributed by atoms with Crippen molar-refractivity contribution in [3.05, 3.63) is 71.3 Å². The Labute approximate surface area is 128 Å². The van der Waals surface area contributed by atoms with Gasteiger partial charge >= 0.3 is 0 Å². The molecule has 0 bridgehead atoms. The maximum absolute atomic E-state index is 2.58. The molecule has 1 heterocycles. The lowest BCUT2D eigenvalue weighted by Crippen LogP contribution is -2.19. The zero-order chi connectivity index (χ0) is 14.7. The van der Waals surface area contributed by atoms with Gasteiger partial charge in [-0.25, -0.2) is 0 Å². The van der Waals surface area contributed by atoms with E-state index in [1.54, 1.807) is 0 Å². The third kappa shape index (κ3) is 3.54. The largest absolute Gasteiger partial charge is 0.298 e. The Bertz CT molecular complexity index is 556. The smallest absolute Gasteiger partial charge is 0.0233 e. The van der Waals surface area contributed by atoms with Crippen molar-refractivity contribution >= 4 is 0 Å². The Balaban J connectivity index is 1.61. The van der Waals surface area contributed by atoms with Crippen LogP contribution >= 0.6 is 0 Å². The van der Waals surface area contributed by atoms with E-state index in [2.05, 4.69) is 73.3 Å². The van der Waals surface area contributed by atoms with Crippen LogP contribution in [0.4, 0.5) is 0 Å². The van der Waals surface area contributed by atoms with Crippen LogP contribution in [0.25, 0.3) is 0 Å². The van der Waals surface area contributed by atoms with E-state index >= 15 is 0 Å². The summed E-state index contributed by atoms with van der Waals surface area (Å²) in [6.45, 7) is 8.00. The van der Waals surface area contributed by atoms with Crippen LogP contribution in [0.2, 0.25) is 0 Å². The van der Waals surface area contributed by atoms with E-state index in [0.29, 0.717) is 11.8 Å². The van der Waals surface area contributed by atoms with Crippen molar-refractivity contribution in [1.82, 2.24) is 4.90 Å². The Morgan fingerprint density at radius 3 is 2.38 bits per heavy atom. The van der Waals surface area contributed by atoms with Gasteiger partial charge in [0.25, 0.3) is 0 Å². The summed E-state index contributed by atoms with van der Waals surface area (Å²) in [5.74, 6) is 1.33. The van der Waals surface area contributed by atoms with Crippen LogP contribution in [0.5, 0.6) is 0 Å². The highest BCUT2D eigenvalue weighted by Gasteiger charge is 2.23. The predicted molar refractivity (Wildman–Crippen MR) is 89.6 cm³/mol. The zero-order valence-electron chi connectivity index (χ0n) is 13.1. The van der Waals surface area contributed by atoms with Crippen LogP contribution in [-0.4, -0.2) is 18.0 Å². The number of likely N-dealkylation sites (tertiary alicyclic amines) is 1. The molecule has 0 aliphatic carbocycles. The topological polar surface area (TPSA) is 3.24 Å². The normalized spacial score (nSPS) is 19.3. The molecule has 1 aliphatic rings. The van der Waals surface area contributed by atoms with Gasteiger partial charge in [0.05, 0.1) is 0 Å². The van der Waals surface area contributed by atoms with Gasteiger partial charge in [0.15, 0.2) is 0 Å². The van der Waals surface area contributed by atoms with Crippen LogP contribution in [0.15, 0.2) is 54.6 Å². The van der Waals surface area contributed by atoms with Crippen molar-refractivity contribution in [2.45, 2.75) is 38.6 Å². The van der Waals surface area contributed by atoms with Gasteiger partial charge < -0.3 is 0 Å². The van der Waals surface area contributed by atoms with Gasteiger partial charge in [-0.3, -0.25) is 4.90 Å². The average molecular weight is 279 g/mol. The molecule has 0 saturated carbocycles. The summed E-state index contributed by atoms with van der Waals surface area (Å²) >= 11 is 0. The van der Waals surface area contributed by atoms with Crippen molar-refractivity contribution in [3.63, 3.8) is 0 Å². The molecule has 1 atom stereocenters. The second-order valence-electron chi connectivity index (χ2n) is 6.53. The van der Waals surface area contributed by atoms with Crippen LogP contribution in [0, 0.1) is 0 Å². The average Bonchev–Trinajstić information content (AvgIpc) is 2.97. The van der Waals surface area contributed by atoms with Crippen molar-refractivity contribution in [1.29, 1.82) is 0 Å². The fourth-order valence-electron chi connectivity index (χ4n) is 3.24. The summed E-state index contributed by atoms with van der Waals surface area (Å²) in [6.07, 6.45) is 1.29. The van der Waals surface area contributed by atoms with Crippen molar-refractivity contribution in [2.24, 2.45) is 0 Å². The lowest BCUT2D eigenvalue weighted by molar-refractivity contribution is 0.327. The minimum Gasteiger partial charge on any atom is -0.298 e. The van der Waals surface area contributed by atoms with Gasteiger partial charge in [-0.15, -0.1) is 0 Å². The molecule has 0 spiro atoms. The molecule has 2 aromatic carbocycles. The molecule has 1 saturated heterocycles. The van der Waals surface area contributed by atoms with E-state index in [1.807, 2.05) is 0 Å². The summed E-state index contributed by atoms with van der Waals surface area (Å²) in [7, 11) is 0. The van der Waals surface area contributed by atoms with E-state index in [0.717, 1.165) is 6.54 Å². The molecule has 0 amide bonds. The van der Waals surface area contributed by atoms with Crippen molar-refractivity contribution in [3.8, 4) is 0 Å². The summed E-state index contributed by atoms with van der Waals surface area (Å²) in [4.78, 5) is 2.58. The molecular weight excluding hydrogens is 254 g/mol. The Morgan fingerprint density at radius 2 is 1.71 bits per heavy atom. The third-order valence-electron chi connectivity index (χ3n) is 4.60. The monoisotopic (exact) mass is 279 g/mol. The maximum atomic E-state index is 2.58. The summed E-state index contributed by atoms with van der Waals surface area (Å²) in [6, 6.07) is 20.1. The van der Waals surface area contributed by atoms with Crippen LogP contribution in [-0.2, 0) is 6.54 Å². The fraction of sp³-hybridized carbons (Fsp3) is 0.400. The standard InChI is InChI=1S/C20H25N/c1-16(2)18-8-10-19(11-9-18)20-12-13-21(15-20)14-17-6-4-3-5-7-17/h3-11,16,20H,12-15H2,1-2H3/t20-/m1/s1. The van der Waals surface area contributed by atoms with Crippen LogP contribution in [0.1, 0.15) is 48.8 Å². The second-order valence-corrected chi connectivity index (χ2v) is 6.53. The molecule has 0 radical (unpaired) electrons. The Kier molecular flexibility index (Phi) is 4.40. The molecule has 0 N–H and O–H groups in total. The number of hydrogen-bond acceptors (Lipinski definition) is 1. The van der Waals surface area contributed by atoms with E-state index in [9.17, 15) is 0 Å². The van der Waals surface area contributed by atoms with E-state index in [-0.39, 0.29) is 0 Å². The van der Waals surface area contributed by atoms with Gasteiger partial charge in [0, 0.05) is 13.1 Å². The number of nitrogens with zero attached hydrogens (tertiary/aromatic N) is 1. The molecule has 1 aliphatic heterocycles. The molecule has 2 aromatic rings. The first-order valence-electron chi connectivity index (χ1n) is 8.08. The highest BCUT2D eigenvalue weighted by molar-refractivity contribution is 5.28. The molecule has 1 fully saturated rings. The van der Waals surface area contributed by atoms with Crippen molar-refractivity contribution in [2.75, 3.05) is 13.1 Å². The first-order chi connectivity index (χ1) is 10.2. The Morgan fingerprint density at radius 1 is 1.00 bits per heavy atom. The third-order valence-corrected chi connectivity index (χ3v) is 4.60. The zero-order valence-corrected chi connectivity index (χ0v) is 13.1. The highest BCUT2D eigenvalue weighted by Crippen LogP contribution is 2.29. The first-order valence-corrected chi connectivity index (χ1v) is 8.08. The first kappa shape index (κ1) is 14.3. The minimum absolute atomic E-state index is 0.622. The van der Waals surface area contributed by atoms with Crippen molar-refractivity contribution < 1.29 is 0 Å². The number of benzene rings is 2. The highest BCUT2D eigenvalue weighted by atomic mass is 15.1. The van der Waals surface area contributed by atoms with Crippen LogP contribution in [0.3, 0.4) is 0 Å². The molecule has 1 heteroatoms. The van der Waals surface area contributed by atoms with E-state index in [4.69, 9.17) is 0 Å². The molecule has 110 valence electrons. The SMILES string of the molecule is CC(C)c1ccc([C@@H]2CCN(Cc3ccccc3)C2)cc1.